The number of carbonyl (C=O) groups is 2. The van der Waals surface area contributed by atoms with Crippen molar-refractivity contribution in [2.75, 3.05) is 5.32 Å². The van der Waals surface area contributed by atoms with Crippen molar-refractivity contribution < 1.29 is 9.59 Å². The number of primary amides is 1. The molecule has 0 aromatic heterocycles. The summed E-state index contributed by atoms with van der Waals surface area (Å²) in [6.45, 7) is 1.95. The van der Waals surface area contributed by atoms with Gasteiger partial charge in [0.15, 0.2) is 0 Å². The van der Waals surface area contributed by atoms with E-state index in [0.29, 0.717) is 5.69 Å². The predicted molar refractivity (Wildman–Crippen MR) is 82.7 cm³/mol. The highest BCUT2D eigenvalue weighted by Crippen LogP contribution is 2.21. The Morgan fingerprint density at radius 2 is 1.95 bits per heavy atom. The second-order valence-electron chi connectivity index (χ2n) is 5.32. The van der Waals surface area contributed by atoms with E-state index in [9.17, 15) is 9.59 Å². The molecule has 0 spiro atoms. The Morgan fingerprint density at radius 3 is 2.52 bits per heavy atom. The first-order valence-electron chi connectivity index (χ1n) is 7.18. The van der Waals surface area contributed by atoms with Crippen LogP contribution in [0.1, 0.15) is 37.8 Å². The molecule has 0 saturated heterocycles. The third kappa shape index (κ3) is 4.34. The number of urea groups is 1. The summed E-state index contributed by atoms with van der Waals surface area (Å²) in [6, 6.07) is 6.63. The van der Waals surface area contributed by atoms with Crippen LogP contribution in [0.3, 0.4) is 0 Å². The lowest BCUT2D eigenvalue weighted by Crippen LogP contribution is -2.33. The fourth-order valence-electron chi connectivity index (χ4n) is 2.44. The maximum absolute atomic E-state index is 12.2. The Bertz CT molecular complexity index is 537. The van der Waals surface area contributed by atoms with E-state index in [4.69, 9.17) is 5.73 Å². The number of nitrogens with one attached hydrogen (secondary N) is 2. The van der Waals surface area contributed by atoms with Crippen LogP contribution in [0.25, 0.3) is 0 Å². The maximum atomic E-state index is 12.2. The Hall–Kier alpha value is -2.30. The third-order valence-corrected chi connectivity index (χ3v) is 3.68. The number of nitrogens with two attached hydrogens (primary N) is 1. The first kappa shape index (κ1) is 15.1. The van der Waals surface area contributed by atoms with Gasteiger partial charge in [-0.05, 0) is 43.9 Å². The Morgan fingerprint density at radius 1 is 1.24 bits per heavy atom. The molecule has 1 aliphatic rings. The van der Waals surface area contributed by atoms with E-state index >= 15 is 0 Å². The van der Waals surface area contributed by atoms with Crippen LogP contribution in [0.5, 0.6) is 0 Å². The monoisotopic (exact) mass is 287 g/mol. The Kier molecular flexibility index (Phi) is 4.98. The van der Waals surface area contributed by atoms with Gasteiger partial charge in [-0.2, -0.15) is 0 Å². The lowest BCUT2D eigenvalue weighted by atomic mass is 9.93. The molecule has 0 radical (unpaired) electrons. The summed E-state index contributed by atoms with van der Waals surface area (Å²) in [5, 5.41) is 5.55. The number of allylic oxidation sites excluding steroid dienone is 2. The molecule has 112 valence electrons. The minimum absolute atomic E-state index is 0.0639. The lowest BCUT2D eigenvalue weighted by molar-refractivity contribution is -0.125. The molecule has 5 heteroatoms. The fourth-order valence-corrected chi connectivity index (χ4v) is 2.44. The van der Waals surface area contributed by atoms with Gasteiger partial charge >= 0.3 is 6.03 Å². The smallest absolute Gasteiger partial charge is 0.316 e. The maximum Gasteiger partial charge on any atom is 0.316 e. The van der Waals surface area contributed by atoms with Crippen molar-refractivity contribution in [3.05, 3.63) is 42.0 Å². The van der Waals surface area contributed by atoms with Gasteiger partial charge in [0, 0.05) is 11.6 Å². The van der Waals surface area contributed by atoms with Gasteiger partial charge in [0.05, 0.1) is 6.04 Å². The number of carbonyl (C=O) groups excluding carboxylic acids is 2. The summed E-state index contributed by atoms with van der Waals surface area (Å²) in [5.41, 5.74) is 6.69. The minimum atomic E-state index is -0.588. The first-order chi connectivity index (χ1) is 10.1. The summed E-state index contributed by atoms with van der Waals surface area (Å²) in [6.07, 6.45) is 6.90. The van der Waals surface area contributed by atoms with Crippen molar-refractivity contribution in [2.45, 2.75) is 32.2 Å². The van der Waals surface area contributed by atoms with Gasteiger partial charge in [-0.1, -0.05) is 24.3 Å². The molecule has 0 bridgehead atoms. The predicted octanol–water partition coefficient (Wildman–Crippen LogP) is 2.71. The number of hydrogen-bond acceptors (Lipinski definition) is 2. The molecular formula is C16H21N3O2. The minimum Gasteiger partial charge on any atom is -0.351 e. The van der Waals surface area contributed by atoms with Crippen LogP contribution in [0, 0.1) is 5.92 Å². The van der Waals surface area contributed by atoms with E-state index in [2.05, 4.69) is 22.8 Å². The van der Waals surface area contributed by atoms with Crippen LogP contribution in [0.15, 0.2) is 36.4 Å². The average Bonchev–Trinajstić information content (AvgIpc) is 2.48. The zero-order valence-electron chi connectivity index (χ0n) is 12.1. The van der Waals surface area contributed by atoms with Crippen LogP contribution < -0.4 is 16.4 Å². The van der Waals surface area contributed by atoms with E-state index in [1.54, 1.807) is 12.1 Å². The van der Waals surface area contributed by atoms with Gasteiger partial charge in [-0.3, -0.25) is 4.79 Å². The van der Waals surface area contributed by atoms with Crippen LogP contribution in [0.2, 0.25) is 0 Å². The van der Waals surface area contributed by atoms with Gasteiger partial charge in [0.25, 0.3) is 0 Å². The molecule has 2 atom stereocenters. The molecule has 1 aromatic carbocycles. The molecule has 0 fully saturated rings. The second kappa shape index (κ2) is 6.92. The summed E-state index contributed by atoms with van der Waals surface area (Å²) < 4.78 is 0. The Labute approximate surface area is 124 Å². The molecular weight excluding hydrogens is 266 g/mol. The molecule has 0 saturated carbocycles. The summed E-state index contributed by atoms with van der Waals surface area (Å²) >= 11 is 0. The van der Waals surface area contributed by atoms with E-state index in [1.807, 2.05) is 19.1 Å². The van der Waals surface area contributed by atoms with E-state index in [-0.39, 0.29) is 17.9 Å². The molecule has 0 unspecified atom stereocenters. The molecule has 21 heavy (non-hydrogen) atoms. The highest BCUT2D eigenvalue weighted by atomic mass is 16.2. The van der Waals surface area contributed by atoms with Crippen molar-refractivity contribution in [1.82, 2.24) is 5.32 Å². The van der Waals surface area contributed by atoms with Gasteiger partial charge in [-0.15, -0.1) is 0 Å². The SMILES string of the molecule is C[C@@H](NC(=O)[C@@H]1CC=CCC1)c1ccc(NC(N)=O)cc1. The number of hydrogen-bond donors (Lipinski definition) is 3. The van der Waals surface area contributed by atoms with Crippen LogP contribution in [0.4, 0.5) is 10.5 Å². The molecule has 0 aliphatic heterocycles. The molecule has 1 aromatic rings. The number of rotatable bonds is 4. The summed E-state index contributed by atoms with van der Waals surface area (Å²) in [4.78, 5) is 22.9. The fraction of sp³-hybridized carbons (Fsp3) is 0.375. The highest BCUT2D eigenvalue weighted by Gasteiger charge is 2.20. The van der Waals surface area contributed by atoms with Crippen molar-refractivity contribution in [1.29, 1.82) is 0 Å². The van der Waals surface area contributed by atoms with Crippen molar-refractivity contribution in [2.24, 2.45) is 11.7 Å². The number of benzene rings is 1. The largest absolute Gasteiger partial charge is 0.351 e. The zero-order chi connectivity index (χ0) is 15.2. The van der Waals surface area contributed by atoms with E-state index in [1.165, 1.54) is 0 Å². The van der Waals surface area contributed by atoms with Gasteiger partial charge < -0.3 is 16.4 Å². The zero-order valence-corrected chi connectivity index (χ0v) is 12.1. The van der Waals surface area contributed by atoms with Crippen LogP contribution in [-0.2, 0) is 4.79 Å². The molecule has 2 rings (SSSR count). The average molecular weight is 287 g/mol. The molecule has 0 heterocycles. The van der Waals surface area contributed by atoms with Crippen LogP contribution >= 0.6 is 0 Å². The number of amides is 3. The molecule has 4 N–H and O–H groups in total. The second-order valence-corrected chi connectivity index (χ2v) is 5.32. The summed E-state index contributed by atoms with van der Waals surface area (Å²) in [5.74, 6) is 0.180. The molecule has 5 nitrogen and oxygen atoms in total. The quantitative estimate of drug-likeness (QED) is 0.744. The standard InChI is InChI=1S/C16H21N3O2/c1-11(18-15(20)13-5-3-2-4-6-13)12-7-9-14(10-8-12)19-16(17)21/h2-3,7-11,13H,4-6H2,1H3,(H,18,20)(H3,17,19,21)/t11-,13-/m1/s1. The van der Waals surface area contributed by atoms with Crippen molar-refractivity contribution in [3.8, 4) is 0 Å². The number of anilines is 1. The normalized spacial score (nSPS) is 18.8. The van der Waals surface area contributed by atoms with Crippen LogP contribution in [-0.4, -0.2) is 11.9 Å². The Balaban J connectivity index is 1.93. The van der Waals surface area contributed by atoms with E-state index < -0.39 is 6.03 Å². The van der Waals surface area contributed by atoms with Gasteiger partial charge in [0.2, 0.25) is 5.91 Å². The third-order valence-electron chi connectivity index (χ3n) is 3.68. The first-order valence-corrected chi connectivity index (χ1v) is 7.18. The van der Waals surface area contributed by atoms with Gasteiger partial charge in [-0.25, -0.2) is 4.79 Å². The molecule has 1 aliphatic carbocycles. The van der Waals surface area contributed by atoms with Gasteiger partial charge in [0.1, 0.15) is 0 Å². The lowest BCUT2D eigenvalue weighted by Gasteiger charge is -2.21. The van der Waals surface area contributed by atoms with Crippen molar-refractivity contribution >= 4 is 17.6 Å². The van der Waals surface area contributed by atoms with E-state index in [0.717, 1.165) is 24.8 Å². The topological polar surface area (TPSA) is 84.2 Å². The molecule has 3 amide bonds. The summed E-state index contributed by atoms with van der Waals surface area (Å²) in [7, 11) is 0. The van der Waals surface area contributed by atoms with Crippen molar-refractivity contribution in [3.63, 3.8) is 0 Å². The highest BCUT2D eigenvalue weighted by molar-refractivity contribution is 5.87.